The van der Waals surface area contributed by atoms with E-state index in [0.29, 0.717) is 40.0 Å². The summed E-state index contributed by atoms with van der Waals surface area (Å²) >= 11 is 1.31. The number of aromatic nitrogens is 3. The van der Waals surface area contributed by atoms with Gasteiger partial charge in [-0.3, -0.25) is 14.6 Å². The number of aryl methyl sites for hydroxylation is 1. The van der Waals surface area contributed by atoms with Crippen molar-refractivity contribution in [1.82, 2.24) is 15.0 Å². The first kappa shape index (κ1) is 25.6. The number of nitrogens with zero attached hydrogens (tertiary/aromatic N) is 4. The molecule has 0 saturated carbocycles. The zero-order valence-corrected chi connectivity index (χ0v) is 19.2. The summed E-state index contributed by atoms with van der Waals surface area (Å²) < 4.78 is 0. The molecule has 3 rings (SSSR count). The summed E-state index contributed by atoms with van der Waals surface area (Å²) in [6, 6.07) is 14.4. The lowest BCUT2D eigenvalue weighted by molar-refractivity contribution is -0.137. The number of thioether (sulfide) groups is 1. The zero-order valence-electron chi connectivity index (χ0n) is 17.6. The Morgan fingerprint density at radius 1 is 1.12 bits per heavy atom. The minimum absolute atomic E-state index is 0. The number of benzene rings is 1. The fourth-order valence-corrected chi connectivity index (χ4v) is 3.63. The molecule has 2 aromatic heterocycles. The molecule has 4 N–H and O–H groups in total. The number of carbonyl (C=O) groups is 2. The van der Waals surface area contributed by atoms with E-state index in [1.165, 1.54) is 18.7 Å². The molecule has 0 unspecified atom stereocenters. The second-order valence-corrected chi connectivity index (χ2v) is 7.73. The van der Waals surface area contributed by atoms with E-state index in [0.717, 1.165) is 5.69 Å². The predicted octanol–water partition coefficient (Wildman–Crippen LogP) is 3.68. The average molecular weight is 485 g/mol. The molecule has 11 heteroatoms. The van der Waals surface area contributed by atoms with Gasteiger partial charge in [-0.25, -0.2) is 9.97 Å². The van der Waals surface area contributed by atoms with Crippen LogP contribution in [0, 0.1) is 11.3 Å². The number of carbonyl (C=O) groups excluding carboxylic acids is 1. The molecule has 9 nitrogen and oxygen atoms in total. The van der Waals surface area contributed by atoms with Gasteiger partial charge in [0.05, 0.1) is 17.8 Å². The van der Waals surface area contributed by atoms with Crippen LogP contribution in [-0.2, 0) is 21.8 Å². The molecule has 170 valence electrons. The Morgan fingerprint density at radius 3 is 2.45 bits per heavy atom. The van der Waals surface area contributed by atoms with E-state index in [1.807, 2.05) is 12.1 Å². The van der Waals surface area contributed by atoms with Crippen LogP contribution in [0.3, 0.4) is 0 Å². The Kier molecular flexibility index (Phi) is 9.15. The number of nitrogens with two attached hydrogens (primary N) is 1. The summed E-state index contributed by atoms with van der Waals surface area (Å²) in [5.74, 6) is -0.520. The number of rotatable bonds is 8. The Hall–Kier alpha value is -3.68. The highest BCUT2D eigenvalue weighted by molar-refractivity contribution is 7.98. The van der Waals surface area contributed by atoms with Crippen LogP contribution in [0.1, 0.15) is 30.3 Å². The third kappa shape index (κ3) is 7.17. The Bertz CT molecular complexity index is 1200. The third-order valence-corrected chi connectivity index (χ3v) is 5.20. The Labute approximate surface area is 200 Å². The molecule has 0 saturated heterocycles. The highest BCUT2D eigenvalue weighted by Crippen LogP contribution is 2.29. The minimum atomic E-state index is -0.870. The standard InChI is InChI=1S/C22H20N6O3S.ClH/c1-13(29)25-16-7-5-14(6-8-16)20-18(11-23)21(24)28-22(27-20)32-12-17-4-2-3-15(26-17)9-10-19(30)31;/h2-8H,9-10,12H2,1H3,(H,25,29)(H,30,31)(H2,24,27,28);1H. The number of hydrogen-bond donors (Lipinski definition) is 3. The number of nitriles is 1. The summed E-state index contributed by atoms with van der Waals surface area (Å²) in [5, 5.41) is 21.4. The maximum atomic E-state index is 11.2. The SMILES string of the molecule is CC(=O)Nc1ccc(-c2nc(SCc3cccc(CCC(=O)O)n3)nc(N)c2C#N)cc1.Cl. The summed E-state index contributed by atoms with van der Waals surface area (Å²) in [5.41, 5.74) is 9.34. The van der Waals surface area contributed by atoms with Crippen molar-refractivity contribution in [3.8, 4) is 17.3 Å². The summed E-state index contributed by atoms with van der Waals surface area (Å²) in [4.78, 5) is 35.2. The largest absolute Gasteiger partial charge is 0.481 e. The van der Waals surface area contributed by atoms with Crippen molar-refractivity contribution in [2.75, 3.05) is 11.1 Å². The van der Waals surface area contributed by atoms with Crippen molar-refractivity contribution in [2.24, 2.45) is 0 Å². The summed E-state index contributed by atoms with van der Waals surface area (Å²) in [6.45, 7) is 1.42. The van der Waals surface area contributed by atoms with Crippen LogP contribution in [0.4, 0.5) is 11.5 Å². The number of nitrogens with one attached hydrogen (secondary N) is 1. The molecule has 0 aliphatic rings. The van der Waals surface area contributed by atoms with Crippen LogP contribution in [0.25, 0.3) is 11.3 Å². The number of carboxylic acid groups (broad SMARTS) is 1. The summed E-state index contributed by atoms with van der Waals surface area (Å²) in [7, 11) is 0. The van der Waals surface area contributed by atoms with Gasteiger partial charge in [-0.1, -0.05) is 30.0 Å². The number of aliphatic carboxylic acids is 1. The number of halogens is 1. The molecule has 0 radical (unpaired) electrons. The molecular weight excluding hydrogens is 464 g/mol. The quantitative estimate of drug-likeness (QED) is 0.320. The van der Waals surface area contributed by atoms with E-state index in [9.17, 15) is 14.9 Å². The van der Waals surface area contributed by atoms with E-state index < -0.39 is 5.97 Å². The first-order valence-electron chi connectivity index (χ1n) is 9.60. The van der Waals surface area contributed by atoms with Crippen molar-refractivity contribution < 1.29 is 14.7 Å². The number of amides is 1. The van der Waals surface area contributed by atoms with Gasteiger partial charge in [0, 0.05) is 36.0 Å². The van der Waals surface area contributed by atoms with Gasteiger partial charge in [0.15, 0.2) is 5.16 Å². The highest BCUT2D eigenvalue weighted by atomic mass is 35.5. The Balaban J connectivity index is 0.00000385. The van der Waals surface area contributed by atoms with Crippen molar-refractivity contribution in [3.05, 3.63) is 59.4 Å². The molecular formula is C22H21ClN6O3S. The summed E-state index contributed by atoms with van der Waals surface area (Å²) in [6.07, 6.45) is 0.371. The number of anilines is 2. The number of nitrogen functional groups attached to an aromatic ring is 1. The molecule has 2 heterocycles. The van der Waals surface area contributed by atoms with E-state index in [2.05, 4.69) is 26.3 Å². The van der Waals surface area contributed by atoms with Gasteiger partial charge in [-0.2, -0.15) is 5.26 Å². The molecule has 1 aromatic carbocycles. The minimum Gasteiger partial charge on any atom is -0.481 e. The Morgan fingerprint density at radius 2 is 1.82 bits per heavy atom. The van der Waals surface area contributed by atoms with Crippen molar-refractivity contribution >= 4 is 47.6 Å². The van der Waals surface area contributed by atoms with Gasteiger partial charge in [0.2, 0.25) is 5.91 Å². The van der Waals surface area contributed by atoms with Crippen molar-refractivity contribution in [2.45, 2.75) is 30.7 Å². The van der Waals surface area contributed by atoms with Crippen LogP contribution >= 0.6 is 24.2 Å². The second kappa shape index (κ2) is 11.8. The molecule has 3 aromatic rings. The maximum Gasteiger partial charge on any atom is 0.303 e. The lowest BCUT2D eigenvalue weighted by atomic mass is 10.1. The van der Waals surface area contributed by atoms with Crippen molar-refractivity contribution in [3.63, 3.8) is 0 Å². The van der Waals surface area contributed by atoms with Crippen LogP contribution in [0.2, 0.25) is 0 Å². The van der Waals surface area contributed by atoms with Crippen molar-refractivity contribution in [1.29, 1.82) is 5.26 Å². The van der Waals surface area contributed by atoms with E-state index in [-0.39, 0.29) is 36.1 Å². The van der Waals surface area contributed by atoms with Gasteiger partial charge in [-0.05, 0) is 24.3 Å². The van der Waals surface area contributed by atoms with Gasteiger partial charge in [-0.15, -0.1) is 12.4 Å². The lowest BCUT2D eigenvalue weighted by Gasteiger charge is -2.10. The molecule has 0 aliphatic carbocycles. The number of pyridine rings is 1. The average Bonchev–Trinajstić information content (AvgIpc) is 2.76. The lowest BCUT2D eigenvalue weighted by Crippen LogP contribution is -2.06. The van der Waals surface area contributed by atoms with Crippen LogP contribution < -0.4 is 11.1 Å². The van der Waals surface area contributed by atoms with Gasteiger partial charge >= 0.3 is 5.97 Å². The topological polar surface area (TPSA) is 155 Å². The second-order valence-electron chi connectivity index (χ2n) is 6.79. The molecule has 0 fully saturated rings. The molecule has 0 bridgehead atoms. The fraction of sp³-hybridized carbons (Fsp3) is 0.182. The van der Waals surface area contributed by atoms with Gasteiger partial charge in [0.25, 0.3) is 0 Å². The van der Waals surface area contributed by atoms with Crippen LogP contribution in [0.5, 0.6) is 0 Å². The predicted molar refractivity (Wildman–Crippen MR) is 128 cm³/mol. The zero-order chi connectivity index (χ0) is 23.1. The molecule has 1 amide bonds. The molecule has 33 heavy (non-hydrogen) atoms. The number of carboxylic acids is 1. The smallest absolute Gasteiger partial charge is 0.303 e. The highest BCUT2D eigenvalue weighted by Gasteiger charge is 2.15. The number of hydrogen-bond acceptors (Lipinski definition) is 8. The van der Waals surface area contributed by atoms with E-state index >= 15 is 0 Å². The maximum absolute atomic E-state index is 11.2. The third-order valence-electron chi connectivity index (χ3n) is 4.32. The fourth-order valence-electron chi connectivity index (χ4n) is 2.88. The first-order chi connectivity index (χ1) is 15.4. The molecule has 0 aliphatic heterocycles. The normalized spacial score (nSPS) is 10.1. The van der Waals surface area contributed by atoms with Gasteiger partial charge < -0.3 is 16.2 Å². The van der Waals surface area contributed by atoms with Gasteiger partial charge in [0.1, 0.15) is 17.5 Å². The monoisotopic (exact) mass is 484 g/mol. The molecule has 0 atom stereocenters. The van der Waals surface area contributed by atoms with E-state index in [1.54, 1.807) is 30.3 Å². The first-order valence-corrected chi connectivity index (χ1v) is 10.6. The van der Waals surface area contributed by atoms with E-state index in [4.69, 9.17) is 10.8 Å². The molecule has 0 spiro atoms. The van der Waals surface area contributed by atoms with Crippen LogP contribution in [-0.4, -0.2) is 31.9 Å². The van der Waals surface area contributed by atoms with Crippen LogP contribution in [0.15, 0.2) is 47.6 Å².